The number of nitrogens with one attached hydrogen (secondary N) is 2. The molecule has 0 aliphatic rings. The van der Waals surface area contributed by atoms with Crippen LogP contribution in [0.1, 0.15) is 0 Å². The van der Waals surface area contributed by atoms with Crippen molar-refractivity contribution in [2.24, 2.45) is 7.05 Å². The van der Waals surface area contributed by atoms with Crippen molar-refractivity contribution in [2.45, 2.75) is 6.54 Å². The number of benzene rings is 1. The van der Waals surface area contributed by atoms with E-state index >= 15 is 0 Å². The van der Waals surface area contributed by atoms with Gasteiger partial charge in [-0.05, 0) is 18.2 Å². The zero-order valence-electron chi connectivity index (χ0n) is 12.3. The van der Waals surface area contributed by atoms with Crippen LogP contribution >= 0.6 is 23.2 Å². The molecule has 0 bridgehead atoms. The lowest BCUT2D eigenvalue weighted by Gasteiger charge is -2.07. The van der Waals surface area contributed by atoms with Crippen LogP contribution in [0.2, 0.25) is 10.0 Å². The summed E-state index contributed by atoms with van der Waals surface area (Å²) in [7, 11) is 1.48. The maximum atomic E-state index is 12.2. The van der Waals surface area contributed by atoms with Gasteiger partial charge in [-0.2, -0.15) is 0 Å². The second-order valence-corrected chi connectivity index (χ2v) is 5.85. The van der Waals surface area contributed by atoms with Gasteiger partial charge in [0.25, 0.3) is 5.56 Å². The van der Waals surface area contributed by atoms with Gasteiger partial charge in [0.05, 0.1) is 16.4 Å². The number of anilines is 1. The van der Waals surface area contributed by atoms with Gasteiger partial charge in [0.15, 0.2) is 11.2 Å². The Kier molecular flexibility index (Phi) is 4.16. The van der Waals surface area contributed by atoms with E-state index in [1.54, 1.807) is 12.1 Å². The number of nitrogens with zero attached hydrogens (tertiary/aromatic N) is 3. The van der Waals surface area contributed by atoms with Crippen LogP contribution in [0.4, 0.5) is 5.69 Å². The number of hydrogen-bond donors (Lipinski definition) is 2. The molecule has 3 aromatic rings. The number of carbonyl (C=O) groups is 1. The molecule has 2 aromatic heterocycles. The minimum absolute atomic E-state index is 0.140. The molecular weight excluding hydrogens is 357 g/mol. The molecule has 24 heavy (non-hydrogen) atoms. The fraction of sp³-hybridized carbons (Fsp3) is 0.143. The number of carbonyl (C=O) groups excluding carboxylic acids is 1. The Morgan fingerprint density at radius 3 is 2.75 bits per heavy atom. The summed E-state index contributed by atoms with van der Waals surface area (Å²) in [5.74, 6) is -0.388. The predicted octanol–water partition coefficient (Wildman–Crippen LogP) is 1.37. The quantitative estimate of drug-likeness (QED) is 0.729. The minimum Gasteiger partial charge on any atom is -0.324 e. The molecular formula is C14H11Cl2N5O3. The highest BCUT2D eigenvalue weighted by Crippen LogP contribution is 2.25. The Hall–Kier alpha value is -2.58. The maximum Gasteiger partial charge on any atom is 0.329 e. The van der Waals surface area contributed by atoms with Crippen LogP contribution in [-0.2, 0) is 18.4 Å². The van der Waals surface area contributed by atoms with Crippen molar-refractivity contribution < 1.29 is 4.79 Å². The number of hydrogen-bond acceptors (Lipinski definition) is 4. The van der Waals surface area contributed by atoms with Crippen molar-refractivity contribution in [1.82, 2.24) is 19.1 Å². The molecule has 0 atom stereocenters. The first-order chi connectivity index (χ1) is 11.4. The summed E-state index contributed by atoms with van der Waals surface area (Å²) >= 11 is 11.7. The molecule has 0 saturated carbocycles. The fourth-order valence-electron chi connectivity index (χ4n) is 2.23. The van der Waals surface area contributed by atoms with Crippen LogP contribution in [0, 0.1) is 0 Å². The lowest BCUT2D eigenvalue weighted by atomic mass is 10.3. The maximum absolute atomic E-state index is 12.2. The summed E-state index contributed by atoms with van der Waals surface area (Å²) in [6, 6.07) is 4.69. The minimum atomic E-state index is -0.604. The average Bonchev–Trinajstić information content (AvgIpc) is 2.93. The van der Waals surface area contributed by atoms with Crippen LogP contribution in [0.5, 0.6) is 0 Å². The third kappa shape index (κ3) is 2.93. The van der Waals surface area contributed by atoms with E-state index in [9.17, 15) is 14.4 Å². The van der Waals surface area contributed by atoms with Crippen LogP contribution in [0.25, 0.3) is 11.2 Å². The van der Waals surface area contributed by atoms with E-state index in [2.05, 4.69) is 15.3 Å². The van der Waals surface area contributed by atoms with E-state index in [4.69, 9.17) is 23.2 Å². The summed E-state index contributed by atoms with van der Waals surface area (Å²) in [6.45, 7) is -0.155. The molecule has 2 N–H and O–H groups in total. The third-order valence-corrected chi connectivity index (χ3v) is 4.13. The Morgan fingerprint density at radius 2 is 2.04 bits per heavy atom. The zero-order chi connectivity index (χ0) is 17.4. The number of rotatable bonds is 3. The van der Waals surface area contributed by atoms with Gasteiger partial charge in [0, 0.05) is 12.7 Å². The summed E-state index contributed by atoms with van der Waals surface area (Å²) < 4.78 is 2.56. The molecule has 0 saturated heterocycles. The van der Waals surface area contributed by atoms with Gasteiger partial charge >= 0.3 is 5.69 Å². The molecule has 3 rings (SSSR count). The van der Waals surface area contributed by atoms with Crippen molar-refractivity contribution in [3.63, 3.8) is 0 Å². The van der Waals surface area contributed by atoms with Crippen molar-refractivity contribution in [2.75, 3.05) is 5.32 Å². The highest BCUT2D eigenvalue weighted by atomic mass is 35.5. The van der Waals surface area contributed by atoms with E-state index in [1.165, 1.54) is 28.6 Å². The molecule has 0 fully saturated rings. The molecule has 0 aliphatic heterocycles. The van der Waals surface area contributed by atoms with Crippen LogP contribution in [0.3, 0.4) is 0 Å². The van der Waals surface area contributed by atoms with Crippen LogP contribution in [-0.4, -0.2) is 25.0 Å². The van der Waals surface area contributed by atoms with Gasteiger partial charge in [-0.1, -0.05) is 23.2 Å². The summed E-state index contributed by atoms with van der Waals surface area (Å²) in [5, 5.41) is 3.34. The highest BCUT2D eigenvalue weighted by molar-refractivity contribution is 6.42. The van der Waals surface area contributed by atoms with E-state index < -0.39 is 11.2 Å². The average molecular weight is 368 g/mol. The Balaban J connectivity index is 1.88. The van der Waals surface area contributed by atoms with Crippen molar-refractivity contribution in [1.29, 1.82) is 0 Å². The number of halogens is 2. The molecule has 1 aromatic carbocycles. The number of amides is 1. The molecule has 0 radical (unpaired) electrons. The largest absolute Gasteiger partial charge is 0.329 e. The van der Waals surface area contributed by atoms with E-state index in [0.29, 0.717) is 15.7 Å². The molecule has 124 valence electrons. The summed E-state index contributed by atoms with van der Waals surface area (Å²) in [5.41, 5.74) is -0.362. The number of H-pyrrole nitrogens is 1. The first kappa shape index (κ1) is 16.3. The lowest BCUT2D eigenvalue weighted by Crippen LogP contribution is -2.30. The number of aromatic nitrogens is 4. The lowest BCUT2D eigenvalue weighted by molar-refractivity contribution is -0.116. The van der Waals surface area contributed by atoms with Crippen LogP contribution < -0.4 is 16.6 Å². The Morgan fingerprint density at radius 1 is 1.29 bits per heavy atom. The van der Waals surface area contributed by atoms with Crippen LogP contribution in [0.15, 0.2) is 34.1 Å². The van der Waals surface area contributed by atoms with Crippen molar-refractivity contribution in [3.05, 3.63) is 55.4 Å². The molecule has 0 aliphatic carbocycles. The molecule has 10 heteroatoms. The second-order valence-electron chi connectivity index (χ2n) is 5.04. The number of fused-ring (bicyclic) bond motifs is 1. The topological polar surface area (TPSA) is 102 Å². The third-order valence-electron chi connectivity index (χ3n) is 3.39. The fourth-order valence-corrected chi connectivity index (χ4v) is 2.53. The van der Waals surface area contributed by atoms with Gasteiger partial charge in [0.1, 0.15) is 6.54 Å². The molecule has 1 amide bonds. The Labute approximate surface area is 144 Å². The number of imidazole rings is 1. The first-order valence-electron chi connectivity index (χ1n) is 6.76. The van der Waals surface area contributed by atoms with Gasteiger partial charge in [-0.15, -0.1) is 0 Å². The van der Waals surface area contributed by atoms with Crippen molar-refractivity contribution >= 4 is 46.0 Å². The Bertz CT molecular complexity index is 1070. The standard InChI is InChI=1S/C14H11Cl2N5O3/c1-20-12-11(13(23)19-14(20)24)21(6-17-12)5-10(22)18-7-2-3-8(15)9(16)4-7/h2-4,6H,5H2,1H3,(H,18,22)(H,19,23,24). The first-order valence-corrected chi connectivity index (χ1v) is 7.51. The molecule has 0 spiro atoms. The van der Waals surface area contributed by atoms with Gasteiger partial charge in [-0.3, -0.25) is 19.1 Å². The number of aryl methyl sites for hydroxylation is 1. The monoisotopic (exact) mass is 367 g/mol. The summed E-state index contributed by atoms with van der Waals surface area (Å²) in [4.78, 5) is 41.9. The van der Waals surface area contributed by atoms with E-state index in [1.807, 2.05) is 0 Å². The highest BCUT2D eigenvalue weighted by Gasteiger charge is 2.14. The van der Waals surface area contributed by atoms with Gasteiger partial charge < -0.3 is 9.88 Å². The smallest absolute Gasteiger partial charge is 0.324 e. The molecule has 8 nitrogen and oxygen atoms in total. The van der Waals surface area contributed by atoms with Gasteiger partial charge in [0.2, 0.25) is 5.91 Å². The number of aromatic amines is 1. The van der Waals surface area contributed by atoms with E-state index in [0.717, 1.165) is 0 Å². The second kappa shape index (κ2) is 6.14. The normalized spacial score (nSPS) is 11.0. The van der Waals surface area contributed by atoms with E-state index in [-0.39, 0.29) is 23.6 Å². The zero-order valence-corrected chi connectivity index (χ0v) is 13.9. The molecule has 0 unspecified atom stereocenters. The van der Waals surface area contributed by atoms with Crippen molar-refractivity contribution in [3.8, 4) is 0 Å². The molecule has 2 heterocycles. The predicted molar refractivity (Wildman–Crippen MR) is 90.7 cm³/mol. The van der Waals surface area contributed by atoms with Gasteiger partial charge in [-0.25, -0.2) is 9.78 Å². The summed E-state index contributed by atoms with van der Waals surface area (Å²) in [6.07, 6.45) is 1.33. The SMILES string of the molecule is Cn1c(=O)[nH]c(=O)c2c1ncn2CC(=O)Nc1ccc(Cl)c(Cl)c1.